The molecule has 15 nitrogen and oxygen atoms in total. The van der Waals surface area contributed by atoms with Gasteiger partial charge in [-0.25, -0.2) is 9.97 Å². The number of anilines is 2. The van der Waals surface area contributed by atoms with Crippen LogP contribution in [-0.2, 0) is 21.6 Å². The van der Waals surface area contributed by atoms with Crippen molar-refractivity contribution < 1.29 is 38.0 Å². The summed E-state index contributed by atoms with van der Waals surface area (Å²) in [6, 6.07) is 18.9. The van der Waals surface area contributed by atoms with Gasteiger partial charge in [-0.2, -0.15) is 15.9 Å². The second-order valence-corrected chi connectivity index (χ2v) is 17.7. The number of hydrogen-bond acceptors (Lipinski definition) is 14. The van der Waals surface area contributed by atoms with Crippen molar-refractivity contribution in [1.82, 2.24) is 19.8 Å². The number of ketones is 2. The number of nitrogens with one attached hydrogen (secondary N) is 2. The molecule has 3 heterocycles. The fraction of sp³-hybridized carbons (Fsp3) is 0.413. The lowest BCUT2D eigenvalue weighted by Gasteiger charge is -2.37. The van der Waals surface area contributed by atoms with E-state index in [0.717, 1.165) is 16.0 Å². The van der Waals surface area contributed by atoms with Crippen LogP contribution in [0.15, 0.2) is 66.9 Å². The average molecular weight is 933 g/mol. The summed E-state index contributed by atoms with van der Waals surface area (Å²) in [5, 5.41) is 24.8. The number of quaternary nitrogens is 1. The van der Waals surface area contributed by atoms with Crippen LogP contribution in [0.25, 0.3) is 0 Å². The molecular formula is C46H53Cl2N8O7S+. The van der Waals surface area contributed by atoms with Gasteiger partial charge in [0.15, 0.2) is 17.6 Å². The summed E-state index contributed by atoms with van der Waals surface area (Å²) in [5.41, 5.74) is 6.35. The maximum atomic E-state index is 13.4. The third-order valence-electron chi connectivity index (χ3n) is 11.8. The minimum absolute atomic E-state index is 0.0322. The largest absolute Gasteiger partial charge is 0.489 e. The van der Waals surface area contributed by atoms with Crippen molar-refractivity contribution in [3.63, 3.8) is 0 Å². The van der Waals surface area contributed by atoms with E-state index < -0.39 is 27.4 Å². The van der Waals surface area contributed by atoms with E-state index in [1.54, 1.807) is 43.5 Å². The Morgan fingerprint density at radius 3 is 2.44 bits per heavy atom. The Balaban J connectivity index is 0.964. The lowest BCUT2D eigenvalue weighted by Crippen LogP contribution is -2.54. The highest BCUT2D eigenvalue weighted by atomic mass is 35.5. The number of hydroxylamine groups is 1. The zero-order valence-corrected chi connectivity index (χ0v) is 38.7. The Morgan fingerprint density at radius 2 is 1.77 bits per heavy atom. The number of nitrogens with zero attached hydrogens (tertiary/aromatic N) is 6. The number of ether oxygens (including phenoxy) is 2. The van der Waals surface area contributed by atoms with Gasteiger partial charge in [-0.05, 0) is 77.2 Å². The quantitative estimate of drug-likeness (QED) is 0.0209. The third kappa shape index (κ3) is 11.3. The van der Waals surface area contributed by atoms with Gasteiger partial charge in [-0.3, -0.25) is 24.1 Å². The second-order valence-electron chi connectivity index (χ2n) is 16.4. The van der Waals surface area contributed by atoms with Gasteiger partial charge in [0.25, 0.3) is 17.8 Å². The summed E-state index contributed by atoms with van der Waals surface area (Å²) in [5.74, 6) is -0.0159. The summed E-state index contributed by atoms with van der Waals surface area (Å²) in [6.45, 7) is 10.2. The standard InChI is InChI=1S/C46H52Cl2N8O7S/c1-5-36(58)9-13-41(29(2)57)55-43(59)38-12-8-33(26-39(38)44(55)60)50-19-22-54-20-15-35(16-21-54)56(61,64)53-45-51-18-14-34(52-45)28-63-37-10-6-31(7-11-37)46(3,4)32-24-30(27-49)42(40(48)25-32)62-23-17-47/h6-8,10-12,14,18,24-26,35,41,61,64H,5,9,13,15-17,19-23,28H2,1-4H3,(H-,50,51,52,53,59)/p+1. The van der Waals surface area contributed by atoms with Crippen molar-refractivity contribution in [2.24, 2.45) is 0 Å². The number of amides is 2. The van der Waals surface area contributed by atoms with E-state index in [-0.39, 0.29) is 66.6 Å². The molecule has 6 rings (SSSR count). The molecule has 0 bridgehead atoms. The van der Waals surface area contributed by atoms with E-state index in [9.17, 15) is 29.6 Å². The Kier molecular flexibility index (Phi) is 15.9. The fourth-order valence-corrected chi connectivity index (χ4v) is 8.56. The minimum Gasteiger partial charge on any atom is -0.489 e. The first-order valence-electron chi connectivity index (χ1n) is 21.2. The molecule has 1 saturated heterocycles. The molecule has 1 aromatic heterocycles. The molecule has 0 spiro atoms. The van der Waals surface area contributed by atoms with Gasteiger partial charge < -0.3 is 19.7 Å². The predicted molar refractivity (Wildman–Crippen MR) is 246 cm³/mol. The van der Waals surface area contributed by atoms with Crippen LogP contribution in [0.5, 0.6) is 11.5 Å². The van der Waals surface area contributed by atoms with Crippen LogP contribution in [0, 0.1) is 11.3 Å². The highest BCUT2D eigenvalue weighted by Crippen LogP contribution is 2.39. The number of fused-ring (bicyclic) bond motifs is 1. The van der Waals surface area contributed by atoms with Gasteiger partial charge in [0.1, 0.15) is 43.6 Å². The van der Waals surface area contributed by atoms with Gasteiger partial charge in [0.05, 0.1) is 39.3 Å². The number of Topliss-reactive ketones (excluding diaryl/α,β-unsaturated/α-hetero) is 2. The monoisotopic (exact) mass is 931 g/mol. The molecule has 18 heteroatoms. The fourth-order valence-electron chi connectivity index (χ4n) is 7.89. The molecular weight excluding hydrogens is 880 g/mol. The maximum Gasteiger partial charge on any atom is 0.273 e. The lowest BCUT2D eigenvalue weighted by molar-refractivity contribution is -0.993. The SMILES string of the molecule is CCC(=O)CCC(C(C)=O)N1C(=O)c2ccc(NCCN3CCC([N+](O)(S)Nc4nccc(COc5ccc(C(C)(C)c6cc(Cl)c(OCCCl)c(C#N)c6)cc5)n4)CC3)cc2C1=O. The molecule has 338 valence electrons. The van der Waals surface area contributed by atoms with E-state index in [1.807, 2.05) is 44.2 Å². The number of halogens is 2. The molecule has 2 aliphatic rings. The van der Waals surface area contributed by atoms with Crippen LogP contribution >= 0.6 is 36.0 Å². The molecule has 1 fully saturated rings. The Hall–Kier alpha value is -5.28. The molecule has 2 amide bonds. The van der Waals surface area contributed by atoms with Crippen LogP contribution in [-0.4, -0.2) is 103 Å². The van der Waals surface area contributed by atoms with Crippen molar-refractivity contribution in [1.29, 1.82) is 5.26 Å². The summed E-state index contributed by atoms with van der Waals surface area (Å²) in [7, 11) is 0. The Labute approximate surface area is 388 Å². The van der Waals surface area contributed by atoms with Gasteiger partial charge in [-0.15, -0.1) is 11.6 Å². The van der Waals surface area contributed by atoms with E-state index in [1.165, 1.54) is 6.92 Å². The molecule has 0 radical (unpaired) electrons. The molecule has 3 aromatic carbocycles. The van der Waals surface area contributed by atoms with Gasteiger partial charge in [0, 0.05) is 69.2 Å². The first-order valence-corrected chi connectivity index (χ1v) is 22.5. The van der Waals surface area contributed by atoms with Gasteiger partial charge in [0.2, 0.25) is 0 Å². The number of aromatic nitrogens is 2. The molecule has 2 atom stereocenters. The number of alkyl halides is 1. The third-order valence-corrected chi connectivity index (χ3v) is 12.6. The zero-order valence-electron chi connectivity index (χ0n) is 36.3. The molecule has 4 aromatic rings. The molecule has 0 saturated carbocycles. The number of carbonyl (C=O) groups is 4. The van der Waals surface area contributed by atoms with Crippen LogP contribution in [0.2, 0.25) is 5.02 Å². The molecule has 0 aliphatic carbocycles. The Morgan fingerprint density at radius 1 is 1.05 bits per heavy atom. The molecule has 2 aliphatic heterocycles. The van der Waals surface area contributed by atoms with Crippen molar-refractivity contribution in [2.75, 3.05) is 49.4 Å². The van der Waals surface area contributed by atoms with Crippen LogP contribution < -0.4 is 20.2 Å². The average Bonchev–Trinajstić information content (AvgIpc) is 3.52. The summed E-state index contributed by atoms with van der Waals surface area (Å²) < 4.78 is 10.9. The first-order chi connectivity index (χ1) is 30.6. The number of thiol groups is 1. The molecule has 2 unspecified atom stereocenters. The topological polar surface area (TPSA) is 187 Å². The second kappa shape index (κ2) is 21.1. The van der Waals surface area contributed by atoms with E-state index in [4.69, 9.17) is 32.7 Å². The zero-order chi connectivity index (χ0) is 46.2. The van der Waals surface area contributed by atoms with Crippen molar-refractivity contribution in [3.05, 3.63) is 105 Å². The number of carbonyl (C=O) groups excluding carboxylic acids is 4. The van der Waals surface area contributed by atoms with Gasteiger partial charge in [-0.1, -0.05) is 44.5 Å². The number of nitriles is 1. The maximum absolute atomic E-state index is 13.4. The van der Waals surface area contributed by atoms with Crippen molar-refractivity contribution in [2.45, 2.75) is 83.9 Å². The van der Waals surface area contributed by atoms with E-state index >= 15 is 0 Å². The van der Waals surface area contributed by atoms with Gasteiger partial charge >= 0.3 is 0 Å². The molecule has 3 N–H and O–H groups in total. The summed E-state index contributed by atoms with van der Waals surface area (Å²) >= 11 is 16.8. The Bertz CT molecular complexity index is 2400. The highest BCUT2D eigenvalue weighted by molar-refractivity contribution is 7.74. The first kappa shape index (κ1) is 48.2. The predicted octanol–water partition coefficient (Wildman–Crippen LogP) is 7.79. The smallest absolute Gasteiger partial charge is 0.273 e. The number of piperidine rings is 1. The van der Waals surface area contributed by atoms with Crippen LogP contribution in [0.1, 0.15) is 103 Å². The summed E-state index contributed by atoms with van der Waals surface area (Å²) in [4.78, 5) is 63.0. The van der Waals surface area contributed by atoms with Crippen molar-refractivity contribution >= 4 is 71.0 Å². The summed E-state index contributed by atoms with van der Waals surface area (Å²) in [6.07, 6.45) is 3.41. The van der Waals surface area contributed by atoms with E-state index in [0.29, 0.717) is 78.9 Å². The van der Waals surface area contributed by atoms with E-state index in [2.05, 4.69) is 44.5 Å². The van der Waals surface area contributed by atoms with Crippen molar-refractivity contribution in [3.8, 4) is 17.6 Å². The number of imide groups is 1. The number of rotatable bonds is 21. The minimum atomic E-state index is -0.985. The normalized spacial score (nSPS) is 15.8. The molecule has 64 heavy (non-hydrogen) atoms. The number of hydrogen-bond donors (Lipinski definition) is 4. The van der Waals surface area contributed by atoms with Crippen LogP contribution in [0.4, 0.5) is 11.6 Å². The number of benzene rings is 3. The number of likely N-dealkylation sites (tertiary alicyclic amines) is 1. The van der Waals surface area contributed by atoms with Crippen LogP contribution in [0.3, 0.4) is 0 Å². The lowest BCUT2D eigenvalue weighted by atomic mass is 9.77. The highest BCUT2D eigenvalue weighted by Gasteiger charge is 2.42.